The Morgan fingerprint density at radius 3 is 1.52 bits per heavy atom. The first-order valence-electron chi connectivity index (χ1n) is 9.48. The van der Waals surface area contributed by atoms with Gasteiger partial charge in [0.2, 0.25) is 11.8 Å². The maximum absolute atomic E-state index is 13.9. The van der Waals surface area contributed by atoms with Crippen molar-refractivity contribution >= 4 is 11.8 Å². The molecule has 0 spiro atoms. The van der Waals surface area contributed by atoms with Crippen LogP contribution in [0.25, 0.3) is 0 Å². The van der Waals surface area contributed by atoms with Crippen molar-refractivity contribution in [2.24, 2.45) is 5.73 Å². The molecule has 3 aromatic rings. The van der Waals surface area contributed by atoms with Crippen LogP contribution in [0.1, 0.15) is 23.1 Å². The highest BCUT2D eigenvalue weighted by Gasteiger charge is 2.44. The molecule has 146 valence electrons. The van der Waals surface area contributed by atoms with Crippen LogP contribution in [0.2, 0.25) is 0 Å². The summed E-state index contributed by atoms with van der Waals surface area (Å²) < 4.78 is 0. The molecule has 0 aromatic heterocycles. The first kappa shape index (κ1) is 20.1. The minimum atomic E-state index is -1.14. The van der Waals surface area contributed by atoms with E-state index in [2.05, 4.69) is 11.9 Å². The van der Waals surface area contributed by atoms with Crippen molar-refractivity contribution in [2.45, 2.75) is 17.9 Å². The van der Waals surface area contributed by atoms with Crippen molar-refractivity contribution in [3.8, 4) is 0 Å². The summed E-state index contributed by atoms with van der Waals surface area (Å²) in [6.07, 6.45) is 1.83. The molecular weight excluding hydrogens is 360 g/mol. The number of carbonyl (C=O) groups excluding carboxylic acids is 2. The van der Waals surface area contributed by atoms with Crippen molar-refractivity contribution in [3.63, 3.8) is 0 Å². The van der Waals surface area contributed by atoms with Crippen LogP contribution in [0.4, 0.5) is 0 Å². The lowest BCUT2D eigenvalue weighted by Crippen LogP contribution is -2.53. The minimum Gasteiger partial charge on any atom is -0.368 e. The zero-order valence-electron chi connectivity index (χ0n) is 16.1. The van der Waals surface area contributed by atoms with Gasteiger partial charge in [0.25, 0.3) is 0 Å². The molecule has 0 aliphatic heterocycles. The second-order valence-corrected chi connectivity index (χ2v) is 6.80. The first-order chi connectivity index (χ1) is 14.1. The largest absolute Gasteiger partial charge is 0.368 e. The number of carbonyl (C=O) groups is 2. The molecule has 0 unspecified atom stereocenters. The van der Waals surface area contributed by atoms with E-state index < -0.39 is 17.4 Å². The smallest absolute Gasteiger partial charge is 0.240 e. The summed E-state index contributed by atoms with van der Waals surface area (Å²) in [7, 11) is 0. The Morgan fingerprint density at radius 1 is 0.828 bits per heavy atom. The Kier molecular flexibility index (Phi) is 6.25. The lowest BCUT2D eigenvalue weighted by atomic mass is 9.68. The standard InChI is InChI=1S/C25H24N2O2/c1-2-12-22(23(26)28)27-24(29)25(19-13-6-3-7-14-19,20-15-8-4-9-16-20)21-17-10-5-11-18-21/h2-11,13-18,22H,1,12H2,(H2,26,28)(H,27,29)/t22-/m0/s1. The summed E-state index contributed by atoms with van der Waals surface area (Å²) >= 11 is 0. The normalized spacial score (nSPS) is 12.0. The molecule has 2 amide bonds. The van der Waals surface area contributed by atoms with Gasteiger partial charge in [-0.05, 0) is 23.1 Å². The van der Waals surface area contributed by atoms with Crippen LogP contribution in [-0.2, 0) is 15.0 Å². The van der Waals surface area contributed by atoms with Gasteiger partial charge in [-0.15, -0.1) is 6.58 Å². The maximum Gasteiger partial charge on any atom is 0.240 e. The minimum absolute atomic E-state index is 0.259. The van der Waals surface area contributed by atoms with Gasteiger partial charge < -0.3 is 11.1 Å². The summed E-state index contributed by atoms with van der Waals surface area (Å²) in [5, 5.41) is 2.87. The second kappa shape index (κ2) is 9.02. The number of hydrogen-bond acceptors (Lipinski definition) is 2. The molecule has 0 heterocycles. The molecule has 0 aliphatic rings. The fourth-order valence-corrected chi connectivity index (χ4v) is 3.64. The maximum atomic E-state index is 13.9. The molecule has 4 nitrogen and oxygen atoms in total. The van der Waals surface area contributed by atoms with Crippen LogP contribution in [0.15, 0.2) is 104 Å². The van der Waals surface area contributed by atoms with E-state index in [-0.39, 0.29) is 12.3 Å². The van der Waals surface area contributed by atoms with Gasteiger partial charge in [0.05, 0.1) is 0 Å². The lowest BCUT2D eigenvalue weighted by molar-refractivity contribution is -0.129. The van der Waals surface area contributed by atoms with Gasteiger partial charge >= 0.3 is 0 Å². The van der Waals surface area contributed by atoms with E-state index in [0.29, 0.717) is 0 Å². The summed E-state index contributed by atoms with van der Waals surface area (Å²) in [6.45, 7) is 3.67. The monoisotopic (exact) mass is 384 g/mol. The number of nitrogens with one attached hydrogen (secondary N) is 1. The molecule has 0 bridgehead atoms. The van der Waals surface area contributed by atoms with Gasteiger partial charge in [-0.1, -0.05) is 97.1 Å². The third kappa shape index (κ3) is 3.97. The molecular formula is C25H24N2O2. The van der Waals surface area contributed by atoms with Gasteiger partial charge in [0, 0.05) is 0 Å². The molecule has 3 rings (SSSR count). The van der Waals surface area contributed by atoms with E-state index in [1.165, 1.54) is 0 Å². The van der Waals surface area contributed by atoms with E-state index in [1.807, 2.05) is 91.0 Å². The fourth-order valence-electron chi connectivity index (χ4n) is 3.64. The Hall–Kier alpha value is -3.66. The predicted octanol–water partition coefficient (Wildman–Crippen LogP) is 3.57. The summed E-state index contributed by atoms with van der Waals surface area (Å²) in [5.74, 6) is -0.909. The third-order valence-electron chi connectivity index (χ3n) is 5.01. The van der Waals surface area contributed by atoms with Gasteiger partial charge in [-0.2, -0.15) is 0 Å². The number of primary amides is 1. The predicted molar refractivity (Wildman–Crippen MR) is 115 cm³/mol. The van der Waals surface area contributed by atoms with Gasteiger partial charge in [0.1, 0.15) is 11.5 Å². The van der Waals surface area contributed by atoms with Crippen LogP contribution in [0, 0.1) is 0 Å². The third-order valence-corrected chi connectivity index (χ3v) is 5.01. The van der Waals surface area contributed by atoms with E-state index in [4.69, 9.17) is 5.73 Å². The van der Waals surface area contributed by atoms with Gasteiger partial charge in [0.15, 0.2) is 0 Å². The fraction of sp³-hybridized carbons (Fsp3) is 0.120. The molecule has 0 radical (unpaired) electrons. The zero-order valence-corrected chi connectivity index (χ0v) is 16.1. The van der Waals surface area contributed by atoms with E-state index in [1.54, 1.807) is 6.08 Å². The Balaban J connectivity index is 2.26. The van der Waals surface area contributed by atoms with Crippen molar-refractivity contribution in [1.29, 1.82) is 0 Å². The molecule has 1 atom stereocenters. The Bertz CT molecular complexity index is 873. The molecule has 0 aliphatic carbocycles. The number of rotatable bonds is 8. The topological polar surface area (TPSA) is 72.2 Å². The van der Waals surface area contributed by atoms with Crippen molar-refractivity contribution in [3.05, 3.63) is 120 Å². The number of benzene rings is 3. The lowest BCUT2D eigenvalue weighted by Gasteiger charge is -2.35. The van der Waals surface area contributed by atoms with Crippen molar-refractivity contribution < 1.29 is 9.59 Å². The van der Waals surface area contributed by atoms with Gasteiger partial charge in [-0.3, -0.25) is 9.59 Å². The average Bonchev–Trinajstić information content (AvgIpc) is 2.76. The van der Waals surface area contributed by atoms with Crippen molar-refractivity contribution in [1.82, 2.24) is 5.32 Å². The summed E-state index contributed by atoms with van der Waals surface area (Å²) in [5.41, 5.74) is 6.80. The molecule has 4 heteroatoms. The van der Waals surface area contributed by atoms with E-state index in [9.17, 15) is 9.59 Å². The Labute approximate surface area is 171 Å². The van der Waals surface area contributed by atoms with Crippen LogP contribution < -0.4 is 11.1 Å². The van der Waals surface area contributed by atoms with E-state index >= 15 is 0 Å². The number of nitrogens with two attached hydrogens (primary N) is 1. The number of hydrogen-bond donors (Lipinski definition) is 2. The van der Waals surface area contributed by atoms with Gasteiger partial charge in [-0.25, -0.2) is 0 Å². The highest BCUT2D eigenvalue weighted by Crippen LogP contribution is 2.39. The first-order valence-corrected chi connectivity index (χ1v) is 9.48. The Morgan fingerprint density at radius 2 is 1.21 bits per heavy atom. The average molecular weight is 384 g/mol. The molecule has 0 fully saturated rings. The molecule has 0 saturated heterocycles. The highest BCUT2D eigenvalue weighted by atomic mass is 16.2. The van der Waals surface area contributed by atoms with E-state index in [0.717, 1.165) is 16.7 Å². The van der Waals surface area contributed by atoms with Crippen LogP contribution >= 0.6 is 0 Å². The van der Waals surface area contributed by atoms with Crippen LogP contribution in [0.3, 0.4) is 0 Å². The SMILES string of the molecule is C=CC[C@H](NC(=O)C(c1ccccc1)(c1ccccc1)c1ccccc1)C(N)=O. The van der Waals surface area contributed by atoms with Crippen molar-refractivity contribution in [2.75, 3.05) is 0 Å². The number of amides is 2. The zero-order chi connectivity index (χ0) is 20.7. The quantitative estimate of drug-likeness (QED) is 0.460. The second-order valence-electron chi connectivity index (χ2n) is 6.80. The summed E-state index contributed by atoms with van der Waals surface area (Å²) in [6, 6.07) is 27.8. The summed E-state index contributed by atoms with van der Waals surface area (Å²) in [4.78, 5) is 25.8. The van der Waals surface area contributed by atoms with Crippen LogP contribution in [0.5, 0.6) is 0 Å². The van der Waals surface area contributed by atoms with Crippen LogP contribution in [-0.4, -0.2) is 17.9 Å². The molecule has 3 N–H and O–H groups in total. The highest BCUT2D eigenvalue weighted by molar-refractivity contribution is 5.98. The molecule has 3 aromatic carbocycles. The molecule has 29 heavy (non-hydrogen) atoms. The molecule has 0 saturated carbocycles.